The van der Waals surface area contributed by atoms with Gasteiger partial charge in [-0.3, -0.25) is 15.1 Å². The Balaban J connectivity index is 0.000000218. The largest absolute Gasteiger partial charge is 0.381 e. The molecule has 75 heavy (non-hydrogen) atoms. The molecule has 11 aliphatic heterocycles. The van der Waals surface area contributed by atoms with E-state index in [0.717, 1.165) is 118 Å². The Morgan fingerprint density at radius 2 is 1.08 bits per heavy atom. The van der Waals surface area contributed by atoms with E-state index in [2.05, 4.69) is 113 Å². The minimum Gasteiger partial charge on any atom is -0.381 e. The molecule has 0 radical (unpaired) electrons. The Morgan fingerprint density at radius 1 is 0.547 bits per heavy atom. The van der Waals surface area contributed by atoms with Gasteiger partial charge in [-0.15, -0.1) is 0 Å². The van der Waals surface area contributed by atoms with Gasteiger partial charge in [-0.2, -0.15) is 5.10 Å². The van der Waals surface area contributed by atoms with Gasteiger partial charge in [0, 0.05) is 89.9 Å². The molecule has 1 N–H and O–H groups in total. The summed E-state index contributed by atoms with van der Waals surface area (Å²) in [5, 5.41) is 6.38. The molecule has 0 aliphatic carbocycles. The maximum absolute atomic E-state index is 5.63. The highest BCUT2D eigenvalue weighted by atomic mass is 16.5. The predicted molar refractivity (Wildman–Crippen MR) is 304 cm³/mol. The van der Waals surface area contributed by atoms with Crippen molar-refractivity contribution in [3.8, 4) is 0 Å². The second-order valence-electron chi connectivity index (χ2n) is 21.1. The number of aromatic amines is 1. The van der Waals surface area contributed by atoms with Crippen molar-refractivity contribution in [2.75, 3.05) is 160 Å². The Kier molecular flexibility index (Phi) is 36.1. The topological polar surface area (TPSA) is 135 Å². The van der Waals surface area contributed by atoms with E-state index in [0.29, 0.717) is 24.4 Å². The van der Waals surface area contributed by atoms with Crippen LogP contribution >= 0.6 is 0 Å². The third-order valence-electron chi connectivity index (χ3n) is 13.1. The van der Waals surface area contributed by atoms with Crippen LogP contribution in [0.4, 0.5) is 0 Å². The van der Waals surface area contributed by atoms with E-state index in [1.807, 2.05) is 63.6 Å². The molecular weight excluding hydrogens is 947 g/mol. The quantitative estimate of drug-likeness (QED) is 0.177. The van der Waals surface area contributed by atoms with Crippen LogP contribution < -0.4 is 0 Å². The van der Waals surface area contributed by atoms with Gasteiger partial charge in [0.25, 0.3) is 0 Å². The lowest BCUT2D eigenvalue weighted by molar-refractivity contribution is -0.504. The van der Waals surface area contributed by atoms with Crippen molar-refractivity contribution in [2.45, 2.75) is 104 Å². The molecule has 11 aliphatic rings. The summed E-state index contributed by atoms with van der Waals surface area (Å²) in [7, 11) is 10.6. The standard InChI is InChI=1S/C7H13NO.C6H11NO.2C6H7N.C6H12O.C5H11NO.C5H10NO.2C5H8O.C4H6N2.C4H9N/c1-8-4-6-2-3-7(5-8)9-6;1-7-3-5-2-6(4-7)8-5;1-6-2-4-7-5-3-6;1-6-3-2-4-7-5-6;3*1-6-2-4-7-5-3-6;2*1-5-2-3-6-4-5;1-4-2-5-6-3-4;1-5-3-2-4-5/h6-7H,2-5H2,1H3;5-6H,2-4H2,1H3;2*2-5H,1H3;6H,2-5H2,1H3;2-5H2,1H3;2H,3-5H2,1H3;2*2H,3-4H2,1H3;2-3H,1H3,(H,5,6);2-4H2,1H3/q;;;;;;+1;;;;. The maximum atomic E-state index is 5.63. The number of aryl methyl sites for hydroxylation is 3. The number of likely N-dealkylation sites (N-methyl/N-ethyl adjacent to an activating group) is 4. The fraction of sp³-hybridized carbons (Fsp3) is 0.695. The summed E-state index contributed by atoms with van der Waals surface area (Å²) in [6.45, 7) is 31.8. The lowest BCUT2D eigenvalue weighted by atomic mass is 10.00. The van der Waals surface area contributed by atoms with Crippen LogP contribution in [0.2, 0.25) is 0 Å². The van der Waals surface area contributed by atoms with Gasteiger partial charge in [-0.05, 0) is 160 Å². The number of rotatable bonds is 0. The van der Waals surface area contributed by atoms with E-state index in [-0.39, 0.29) is 0 Å². The summed E-state index contributed by atoms with van der Waals surface area (Å²) in [5.74, 6) is 0.911. The molecule has 16 nitrogen and oxygen atoms in total. The van der Waals surface area contributed by atoms with Crippen molar-refractivity contribution in [3.63, 3.8) is 0 Å². The van der Waals surface area contributed by atoms with Crippen LogP contribution in [0.3, 0.4) is 0 Å². The van der Waals surface area contributed by atoms with Crippen LogP contribution in [0.1, 0.15) is 76.0 Å². The normalized spacial score (nSPS) is 24.3. The zero-order valence-corrected chi connectivity index (χ0v) is 48.5. The molecule has 8 saturated heterocycles. The number of nitrogens with zero attached hydrogens (tertiary/aromatic N) is 8. The van der Waals surface area contributed by atoms with Gasteiger partial charge in [0.15, 0.2) is 12.8 Å². The molecule has 4 bridgehead atoms. The predicted octanol–water partition coefficient (Wildman–Crippen LogP) is 7.43. The molecule has 8 fully saturated rings. The van der Waals surface area contributed by atoms with E-state index in [9.17, 15) is 0 Å². The number of fused-ring (bicyclic) bond motifs is 4. The molecule has 3 aromatic rings. The third kappa shape index (κ3) is 35.3. The van der Waals surface area contributed by atoms with Crippen molar-refractivity contribution in [2.24, 2.45) is 5.92 Å². The lowest BCUT2D eigenvalue weighted by Gasteiger charge is -2.45. The van der Waals surface area contributed by atoms with Gasteiger partial charge >= 0.3 is 0 Å². The Labute approximate surface area is 454 Å². The number of pyridine rings is 2. The molecule has 14 heterocycles. The van der Waals surface area contributed by atoms with Gasteiger partial charge in [0.1, 0.15) is 20.3 Å². The van der Waals surface area contributed by atoms with Crippen molar-refractivity contribution in [3.05, 3.63) is 101 Å². The van der Waals surface area contributed by atoms with Crippen molar-refractivity contribution >= 4 is 6.21 Å². The van der Waals surface area contributed by atoms with E-state index >= 15 is 0 Å². The fourth-order valence-corrected chi connectivity index (χ4v) is 8.04. The molecule has 16 heteroatoms. The first-order valence-corrected chi connectivity index (χ1v) is 27.7. The molecule has 4 unspecified atom stereocenters. The van der Waals surface area contributed by atoms with Crippen molar-refractivity contribution < 1.29 is 37.7 Å². The summed E-state index contributed by atoms with van der Waals surface area (Å²) in [6.07, 6.45) is 27.2. The molecule has 424 valence electrons. The molecule has 0 saturated carbocycles. The highest BCUT2D eigenvalue weighted by molar-refractivity contribution is 5.52. The van der Waals surface area contributed by atoms with Gasteiger partial charge in [-0.1, -0.05) is 25.1 Å². The van der Waals surface area contributed by atoms with Crippen molar-refractivity contribution in [1.29, 1.82) is 0 Å². The lowest BCUT2D eigenvalue weighted by Crippen LogP contribution is -2.55. The van der Waals surface area contributed by atoms with Crippen LogP contribution in [-0.4, -0.2) is 235 Å². The first kappa shape index (κ1) is 65.5. The SMILES string of the molecule is CC1=CCOC1.CC1=CCOC1.CC1CCOCC1.CN1CC2CC(C1)O2.CN1CC2CCC(C1)O2.CN1CCC1.CN1CCOCC1.C[N+]1=CCOCC1.Cc1cccnc1.Cc1ccncc1.Cc1cn[nH]c1. The zero-order valence-electron chi connectivity index (χ0n) is 48.5. The average molecular weight is 1050 g/mol. The van der Waals surface area contributed by atoms with Crippen molar-refractivity contribution in [1.82, 2.24) is 39.8 Å². The van der Waals surface area contributed by atoms with E-state index in [4.69, 9.17) is 33.2 Å². The maximum Gasteiger partial charge on any atom is 0.165 e. The van der Waals surface area contributed by atoms with E-state index in [1.165, 1.54) is 79.5 Å². The van der Waals surface area contributed by atoms with Crippen LogP contribution in [0.15, 0.2) is 84.7 Å². The molecule has 0 spiro atoms. The number of nitrogens with one attached hydrogen (secondary N) is 1. The van der Waals surface area contributed by atoms with Crippen LogP contribution in [0.25, 0.3) is 0 Å². The molecule has 3 aromatic heterocycles. The number of likely N-dealkylation sites (tertiary alicyclic amines) is 2. The van der Waals surface area contributed by atoms with Gasteiger partial charge in [0.05, 0.1) is 70.3 Å². The van der Waals surface area contributed by atoms with Gasteiger partial charge in [0.2, 0.25) is 0 Å². The number of morpholine rings is 3. The number of hydrogen-bond donors (Lipinski definition) is 1. The highest BCUT2D eigenvalue weighted by Gasteiger charge is 2.36. The van der Waals surface area contributed by atoms with E-state index < -0.39 is 0 Å². The molecule has 0 aromatic carbocycles. The Bertz CT molecular complexity index is 1790. The van der Waals surface area contributed by atoms with Gasteiger partial charge < -0.3 is 52.8 Å². The van der Waals surface area contributed by atoms with Gasteiger partial charge in [-0.25, -0.2) is 4.58 Å². The molecular formula is C59H102N9O7+. The fourth-order valence-electron chi connectivity index (χ4n) is 8.04. The number of ether oxygens (including phenoxy) is 7. The molecule has 0 amide bonds. The monoisotopic (exact) mass is 1050 g/mol. The summed E-state index contributed by atoms with van der Waals surface area (Å²) in [6, 6.07) is 7.89. The van der Waals surface area contributed by atoms with Crippen LogP contribution in [0.5, 0.6) is 0 Å². The first-order valence-electron chi connectivity index (χ1n) is 27.7. The van der Waals surface area contributed by atoms with E-state index in [1.54, 1.807) is 24.8 Å². The highest BCUT2D eigenvalue weighted by Crippen LogP contribution is 2.26. The number of aromatic nitrogens is 4. The molecule has 4 atom stereocenters. The summed E-state index contributed by atoms with van der Waals surface area (Å²) in [4.78, 5) is 17.0. The first-order chi connectivity index (χ1) is 36.2. The number of H-pyrrole nitrogens is 1. The third-order valence-corrected chi connectivity index (χ3v) is 13.1. The zero-order chi connectivity index (χ0) is 54.3. The van der Waals surface area contributed by atoms with Crippen LogP contribution in [-0.2, 0) is 33.2 Å². The average Bonchev–Trinajstić information content (AvgIpc) is 4.25. The Morgan fingerprint density at radius 3 is 1.33 bits per heavy atom. The summed E-state index contributed by atoms with van der Waals surface area (Å²) < 4.78 is 38.4. The minimum atomic E-state index is 0.564. The Hall–Kier alpha value is -3.78. The smallest absolute Gasteiger partial charge is 0.165 e. The minimum absolute atomic E-state index is 0.564. The molecule has 14 rings (SSSR count). The summed E-state index contributed by atoms with van der Waals surface area (Å²) in [5.41, 5.74) is 6.36. The number of piperidine rings is 1. The summed E-state index contributed by atoms with van der Waals surface area (Å²) >= 11 is 0. The second kappa shape index (κ2) is 41.3. The van der Waals surface area contributed by atoms with Crippen LogP contribution in [0, 0.1) is 26.7 Å². The number of hydrogen-bond acceptors (Lipinski definition) is 14. The second-order valence-corrected chi connectivity index (χ2v) is 21.1.